The second kappa shape index (κ2) is 12.5. The first-order valence-electron chi connectivity index (χ1n) is 14.7. The molecule has 5 N–H and O–H groups in total. The molecular weight excluding hydrogens is 584 g/mol. The molecule has 0 aromatic heterocycles. The number of rotatable bonds is 9. The van der Waals surface area contributed by atoms with E-state index in [1.54, 1.807) is 4.90 Å². The summed E-state index contributed by atoms with van der Waals surface area (Å²) in [7, 11) is 1.31. The molecule has 5 rings (SSSR count). The topological polar surface area (TPSA) is 153 Å². The van der Waals surface area contributed by atoms with Gasteiger partial charge in [-0.2, -0.15) is 0 Å². The van der Waals surface area contributed by atoms with Crippen molar-refractivity contribution < 1.29 is 22.7 Å². The Kier molecular flexibility index (Phi) is 8.95. The van der Waals surface area contributed by atoms with Crippen LogP contribution in [0.25, 0.3) is 0 Å². The van der Waals surface area contributed by atoms with E-state index in [0.29, 0.717) is 56.5 Å². The number of nitrogens with two attached hydrogens (primary N) is 1. The first-order valence-corrected chi connectivity index (χ1v) is 16.4. The maximum absolute atomic E-state index is 13.5. The first kappa shape index (κ1) is 31.4. The zero-order chi connectivity index (χ0) is 31.6. The Labute approximate surface area is 258 Å². The van der Waals surface area contributed by atoms with Crippen molar-refractivity contribution in [2.75, 3.05) is 65.0 Å². The van der Waals surface area contributed by atoms with Crippen LogP contribution in [0.4, 0.5) is 5.69 Å². The lowest BCUT2D eigenvalue weighted by molar-refractivity contribution is -0.130. The van der Waals surface area contributed by atoms with Crippen molar-refractivity contribution in [1.82, 2.24) is 30.2 Å². The van der Waals surface area contributed by atoms with Gasteiger partial charge in [0.1, 0.15) is 23.0 Å². The van der Waals surface area contributed by atoms with Gasteiger partial charge in [-0.25, -0.2) is 8.42 Å². The summed E-state index contributed by atoms with van der Waals surface area (Å²) in [6, 6.07) is 14.4. The number of benzene rings is 2. The van der Waals surface area contributed by atoms with Crippen molar-refractivity contribution in [3.05, 3.63) is 65.6 Å². The van der Waals surface area contributed by atoms with E-state index in [-0.39, 0.29) is 22.6 Å². The summed E-state index contributed by atoms with van der Waals surface area (Å²) in [5, 5.41) is 9.22. The summed E-state index contributed by atoms with van der Waals surface area (Å²) < 4.78 is 32.0. The maximum atomic E-state index is 13.5. The molecule has 3 heterocycles. The number of carbonyl (C=O) groups excluding carboxylic acids is 2. The first-order chi connectivity index (χ1) is 20.9. The molecule has 0 spiro atoms. The number of amides is 2. The molecule has 14 heteroatoms. The van der Waals surface area contributed by atoms with E-state index >= 15 is 0 Å². The Morgan fingerprint density at radius 3 is 2.45 bits per heavy atom. The lowest BCUT2D eigenvalue weighted by atomic mass is 10.0. The Hall–Kier alpha value is -4.01. The standard InChI is InChI=1S/C30H42N8O5S/c1-5-22-19-36(3)27-28(38(22)18-21-9-7-6-8-10-21)33-30(31,34-29(27)40)32-24-12-11-23(17-25(24)43-4)44(41,42)20-26(39)37-15-13-35(2)14-16-37/h6-12,17,22,32-33H,5,13-16,18-20,31H2,1-4H3,(H,34,40)/t22?,30-/m1/s1. The zero-order valence-corrected chi connectivity index (χ0v) is 26.5. The molecule has 0 aliphatic carbocycles. The van der Waals surface area contributed by atoms with E-state index < -0.39 is 27.4 Å². The van der Waals surface area contributed by atoms with Gasteiger partial charge in [0.2, 0.25) is 11.8 Å². The monoisotopic (exact) mass is 626 g/mol. The molecule has 13 nitrogen and oxygen atoms in total. The summed E-state index contributed by atoms with van der Waals surface area (Å²) in [6.07, 6.45) is 0.851. The van der Waals surface area contributed by atoms with E-state index in [0.717, 1.165) is 12.0 Å². The second-order valence-electron chi connectivity index (χ2n) is 11.6. The molecule has 238 valence electrons. The SMILES string of the molecule is CCC1CN(C)C2=C(N[C@@](N)(Nc3ccc(S(=O)(=O)CC(=O)N4CCN(C)CC4)cc3OC)NC2=O)N1Cc1ccccc1. The van der Waals surface area contributed by atoms with Gasteiger partial charge in [0.05, 0.1) is 17.7 Å². The number of anilines is 1. The van der Waals surface area contributed by atoms with Crippen LogP contribution >= 0.6 is 0 Å². The van der Waals surface area contributed by atoms with Crippen LogP contribution in [0.15, 0.2) is 64.9 Å². The molecule has 3 aliphatic rings. The van der Waals surface area contributed by atoms with Crippen molar-refractivity contribution in [2.24, 2.45) is 5.73 Å². The third-order valence-electron chi connectivity index (χ3n) is 8.36. The van der Waals surface area contributed by atoms with Gasteiger partial charge in [-0.05, 0) is 31.2 Å². The highest BCUT2D eigenvalue weighted by Crippen LogP contribution is 2.32. The lowest BCUT2D eigenvalue weighted by Crippen LogP contribution is -2.75. The number of nitrogens with one attached hydrogen (secondary N) is 3. The number of nitrogens with zero attached hydrogens (tertiary/aromatic N) is 4. The molecule has 44 heavy (non-hydrogen) atoms. The largest absolute Gasteiger partial charge is 0.495 e. The van der Waals surface area contributed by atoms with Crippen LogP contribution in [0.3, 0.4) is 0 Å². The quantitative estimate of drug-likeness (QED) is 0.285. The molecule has 2 amide bonds. The van der Waals surface area contributed by atoms with Gasteiger partial charge in [-0.3, -0.25) is 20.6 Å². The molecule has 0 bridgehead atoms. The van der Waals surface area contributed by atoms with Crippen LogP contribution in [0.1, 0.15) is 18.9 Å². The fraction of sp³-hybridized carbons (Fsp3) is 0.467. The van der Waals surface area contributed by atoms with Crippen molar-refractivity contribution in [3.8, 4) is 5.75 Å². The van der Waals surface area contributed by atoms with Crippen LogP contribution in [-0.4, -0.2) is 111 Å². The van der Waals surface area contributed by atoms with E-state index in [2.05, 4.69) is 32.7 Å². The number of methoxy groups -OCH3 is 1. The molecule has 0 radical (unpaired) electrons. The van der Waals surface area contributed by atoms with Crippen LogP contribution in [0, 0.1) is 0 Å². The molecule has 2 atom stereocenters. The molecule has 0 saturated carbocycles. The minimum Gasteiger partial charge on any atom is -0.495 e. The van der Waals surface area contributed by atoms with E-state index in [1.807, 2.05) is 49.3 Å². The highest BCUT2D eigenvalue weighted by molar-refractivity contribution is 7.92. The summed E-state index contributed by atoms with van der Waals surface area (Å²) in [4.78, 5) is 34.0. The smallest absolute Gasteiger partial charge is 0.275 e. The van der Waals surface area contributed by atoms with E-state index in [4.69, 9.17) is 10.5 Å². The van der Waals surface area contributed by atoms with Crippen LogP contribution in [0.2, 0.25) is 0 Å². The van der Waals surface area contributed by atoms with Crippen molar-refractivity contribution in [3.63, 3.8) is 0 Å². The molecule has 2 aromatic carbocycles. The second-order valence-corrected chi connectivity index (χ2v) is 13.6. The van der Waals surface area contributed by atoms with Crippen molar-refractivity contribution in [2.45, 2.75) is 36.7 Å². The Morgan fingerprint density at radius 2 is 1.80 bits per heavy atom. The van der Waals surface area contributed by atoms with Crippen LogP contribution in [-0.2, 0) is 26.0 Å². The van der Waals surface area contributed by atoms with E-state index in [1.165, 1.54) is 25.3 Å². The predicted octanol–water partition coefficient (Wildman–Crippen LogP) is 0.340. The Bertz CT molecular complexity index is 1530. The highest BCUT2D eigenvalue weighted by atomic mass is 32.2. The Balaban J connectivity index is 1.37. The maximum Gasteiger partial charge on any atom is 0.275 e. The fourth-order valence-corrected chi connectivity index (χ4v) is 7.08. The van der Waals surface area contributed by atoms with Gasteiger partial charge in [-0.15, -0.1) is 0 Å². The molecule has 1 fully saturated rings. The summed E-state index contributed by atoms with van der Waals surface area (Å²) in [5.41, 5.74) is 8.64. The summed E-state index contributed by atoms with van der Waals surface area (Å²) in [5.74, 6) is -2.27. The number of likely N-dealkylation sites (N-methyl/N-ethyl adjacent to an activating group) is 2. The fourth-order valence-electron chi connectivity index (χ4n) is 5.85. The Morgan fingerprint density at radius 1 is 1.09 bits per heavy atom. The average Bonchev–Trinajstić information content (AvgIpc) is 2.98. The van der Waals surface area contributed by atoms with Crippen molar-refractivity contribution in [1.29, 1.82) is 0 Å². The minimum atomic E-state index is -3.95. The average molecular weight is 627 g/mol. The van der Waals surface area contributed by atoms with Gasteiger partial charge >= 0.3 is 0 Å². The van der Waals surface area contributed by atoms with E-state index in [9.17, 15) is 18.0 Å². The molecule has 2 aromatic rings. The molecule has 1 saturated heterocycles. The van der Waals surface area contributed by atoms with Crippen LogP contribution in [0.5, 0.6) is 5.75 Å². The summed E-state index contributed by atoms with van der Waals surface area (Å²) >= 11 is 0. The predicted molar refractivity (Wildman–Crippen MR) is 167 cm³/mol. The summed E-state index contributed by atoms with van der Waals surface area (Å²) in [6.45, 7) is 5.73. The number of hydrogen-bond acceptors (Lipinski definition) is 11. The lowest BCUT2D eigenvalue weighted by Gasteiger charge is -2.50. The number of ether oxygens (including phenoxy) is 1. The van der Waals surface area contributed by atoms with Gasteiger partial charge in [-0.1, -0.05) is 37.3 Å². The minimum absolute atomic E-state index is 0.0483. The van der Waals surface area contributed by atoms with Gasteiger partial charge < -0.3 is 35.0 Å². The molecular formula is C30H42N8O5S. The third-order valence-corrected chi connectivity index (χ3v) is 9.96. The normalized spacial score (nSPS) is 22.7. The third kappa shape index (κ3) is 6.56. The van der Waals surface area contributed by atoms with Gasteiger partial charge in [0.25, 0.3) is 5.91 Å². The van der Waals surface area contributed by atoms with Gasteiger partial charge in [0, 0.05) is 58.4 Å². The van der Waals surface area contributed by atoms with Crippen LogP contribution < -0.4 is 26.4 Å². The number of carbonyl (C=O) groups is 2. The number of sulfone groups is 1. The van der Waals surface area contributed by atoms with Crippen molar-refractivity contribution >= 4 is 27.3 Å². The molecule has 1 unspecified atom stereocenters. The molecule has 3 aliphatic heterocycles. The number of piperazine rings is 1. The number of hydrogen-bond donors (Lipinski definition) is 4. The van der Waals surface area contributed by atoms with Gasteiger partial charge in [0.15, 0.2) is 9.84 Å². The highest BCUT2D eigenvalue weighted by Gasteiger charge is 2.44. The zero-order valence-electron chi connectivity index (χ0n) is 25.7.